The van der Waals surface area contributed by atoms with Crippen molar-refractivity contribution in [3.63, 3.8) is 0 Å². The SMILES string of the molecule is COc1c(Cl)cccc1Nc1c(-c2cc(C)nc(N)n2)[nH]c2c1C(=O)NCC2. The molecule has 28 heavy (non-hydrogen) atoms. The third-order valence-electron chi connectivity index (χ3n) is 4.52. The van der Waals surface area contributed by atoms with Gasteiger partial charge in [-0.25, -0.2) is 9.97 Å². The number of methoxy groups -OCH3 is 1. The van der Waals surface area contributed by atoms with E-state index in [1.807, 2.05) is 19.1 Å². The minimum absolute atomic E-state index is 0.161. The number of rotatable bonds is 4. The maximum absolute atomic E-state index is 12.6. The number of carbonyl (C=O) groups excluding carboxylic acids is 1. The Morgan fingerprint density at radius 1 is 1.32 bits per heavy atom. The number of benzene rings is 1. The summed E-state index contributed by atoms with van der Waals surface area (Å²) in [5, 5.41) is 6.65. The first-order chi connectivity index (χ1) is 13.5. The summed E-state index contributed by atoms with van der Waals surface area (Å²) in [6.45, 7) is 2.40. The number of amides is 1. The number of carbonyl (C=O) groups is 1. The van der Waals surface area contributed by atoms with E-state index in [0.717, 1.165) is 11.4 Å². The van der Waals surface area contributed by atoms with E-state index in [0.29, 0.717) is 52.1 Å². The van der Waals surface area contributed by atoms with Crippen molar-refractivity contribution in [2.45, 2.75) is 13.3 Å². The highest BCUT2D eigenvalue weighted by Gasteiger charge is 2.28. The molecule has 144 valence electrons. The van der Waals surface area contributed by atoms with Crippen molar-refractivity contribution in [3.8, 4) is 17.1 Å². The average molecular weight is 399 g/mol. The second-order valence-corrected chi connectivity index (χ2v) is 6.84. The Balaban J connectivity index is 1.91. The topological polar surface area (TPSA) is 118 Å². The highest BCUT2D eigenvalue weighted by Crippen LogP contribution is 2.40. The fraction of sp³-hybridized carbons (Fsp3) is 0.211. The number of para-hydroxylation sites is 1. The van der Waals surface area contributed by atoms with Gasteiger partial charge in [0.25, 0.3) is 5.91 Å². The van der Waals surface area contributed by atoms with Gasteiger partial charge in [0.2, 0.25) is 5.95 Å². The molecule has 1 aromatic carbocycles. The molecule has 2 aromatic heterocycles. The van der Waals surface area contributed by atoms with Crippen molar-refractivity contribution in [2.24, 2.45) is 0 Å². The molecule has 0 unspecified atom stereocenters. The van der Waals surface area contributed by atoms with Crippen LogP contribution in [0.15, 0.2) is 24.3 Å². The fourth-order valence-corrected chi connectivity index (χ4v) is 3.62. The highest BCUT2D eigenvalue weighted by atomic mass is 35.5. The van der Waals surface area contributed by atoms with Crippen LogP contribution in [0.2, 0.25) is 5.02 Å². The molecule has 1 aliphatic rings. The molecule has 3 aromatic rings. The summed E-state index contributed by atoms with van der Waals surface area (Å²) in [5.74, 6) is 0.490. The molecule has 0 atom stereocenters. The first-order valence-electron chi connectivity index (χ1n) is 8.72. The Labute approximate surface area is 166 Å². The van der Waals surface area contributed by atoms with E-state index in [2.05, 4.69) is 25.6 Å². The molecule has 3 heterocycles. The van der Waals surface area contributed by atoms with Crippen LogP contribution in [0.5, 0.6) is 5.75 Å². The van der Waals surface area contributed by atoms with Crippen LogP contribution in [0.4, 0.5) is 17.3 Å². The summed E-state index contributed by atoms with van der Waals surface area (Å²) in [4.78, 5) is 24.4. The predicted molar refractivity (Wildman–Crippen MR) is 108 cm³/mol. The van der Waals surface area contributed by atoms with E-state index >= 15 is 0 Å². The van der Waals surface area contributed by atoms with Gasteiger partial charge >= 0.3 is 0 Å². The lowest BCUT2D eigenvalue weighted by Crippen LogP contribution is -2.31. The number of aromatic amines is 1. The Kier molecular flexibility index (Phi) is 4.56. The number of aryl methyl sites for hydroxylation is 1. The van der Waals surface area contributed by atoms with Crippen LogP contribution in [-0.2, 0) is 6.42 Å². The second-order valence-electron chi connectivity index (χ2n) is 6.43. The molecule has 0 fully saturated rings. The number of anilines is 3. The van der Waals surface area contributed by atoms with Crippen LogP contribution in [-0.4, -0.2) is 34.5 Å². The fourth-order valence-electron chi connectivity index (χ4n) is 3.37. The number of nitrogens with zero attached hydrogens (tertiary/aromatic N) is 2. The van der Waals surface area contributed by atoms with Crippen molar-refractivity contribution in [3.05, 3.63) is 46.2 Å². The summed E-state index contributed by atoms with van der Waals surface area (Å²) >= 11 is 6.25. The Bertz CT molecular complexity index is 1060. The second kappa shape index (κ2) is 7.05. The third kappa shape index (κ3) is 3.11. The quantitative estimate of drug-likeness (QED) is 0.536. The van der Waals surface area contributed by atoms with Gasteiger partial charge in [0, 0.05) is 24.4 Å². The van der Waals surface area contributed by atoms with Crippen LogP contribution in [0.1, 0.15) is 21.7 Å². The molecule has 0 spiro atoms. The van der Waals surface area contributed by atoms with E-state index in [1.165, 1.54) is 0 Å². The number of fused-ring (bicyclic) bond motifs is 1. The average Bonchev–Trinajstić information content (AvgIpc) is 3.01. The Morgan fingerprint density at radius 3 is 2.89 bits per heavy atom. The van der Waals surface area contributed by atoms with Crippen molar-refractivity contribution >= 4 is 34.8 Å². The lowest BCUT2D eigenvalue weighted by molar-refractivity contribution is 0.0947. The van der Waals surface area contributed by atoms with E-state index in [9.17, 15) is 4.79 Å². The van der Waals surface area contributed by atoms with E-state index < -0.39 is 0 Å². The summed E-state index contributed by atoms with van der Waals surface area (Å²) in [6, 6.07) is 7.18. The minimum Gasteiger partial charge on any atom is -0.493 e. The van der Waals surface area contributed by atoms with Gasteiger partial charge in [0.15, 0.2) is 5.75 Å². The van der Waals surface area contributed by atoms with Crippen molar-refractivity contribution in [1.29, 1.82) is 0 Å². The number of ether oxygens (including phenoxy) is 1. The molecular formula is C19H19ClN6O2. The number of halogens is 1. The zero-order chi connectivity index (χ0) is 19.8. The Morgan fingerprint density at radius 2 is 2.14 bits per heavy atom. The van der Waals surface area contributed by atoms with Crippen molar-refractivity contribution < 1.29 is 9.53 Å². The van der Waals surface area contributed by atoms with E-state index in [-0.39, 0.29) is 11.9 Å². The van der Waals surface area contributed by atoms with Gasteiger partial charge in [0.05, 0.1) is 40.5 Å². The third-order valence-corrected chi connectivity index (χ3v) is 4.82. The number of aromatic nitrogens is 3. The molecule has 8 nitrogen and oxygen atoms in total. The van der Waals surface area contributed by atoms with Crippen LogP contribution in [0.25, 0.3) is 11.4 Å². The van der Waals surface area contributed by atoms with Crippen LogP contribution in [0.3, 0.4) is 0 Å². The number of hydrogen-bond donors (Lipinski definition) is 4. The van der Waals surface area contributed by atoms with Gasteiger partial charge in [-0.15, -0.1) is 0 Å². The maximum Gasteiger partial charge on any atom is 0.255 e. The summed E-state index contributed by atoms with van der Waals surface area (Å²) in [7, 11) is 1.54. The van der Waals surface area contributed by atoms with Crippen LogP contribution in [0, 0.1) is 6.92 Å². The van der Waals surface area contributed by atoms with Gasteiger partial charge < -0.3 is 26.1 Å². The molecule has 0 bridgehead atoms. The molecule has 5 N–H and O–H groups in total. The van der Waals surface area contributed by atoms with E-state index in [1.54, 1.807) is 19.2 Å². The summed E-state index contributed by atoms with van der Waals surface area (Å²) < 4.78 is 5.43. The number of nitrogens with one attached hydrogen (secondary N) is 3. The molecule has 0 saturated heterocycles. The summed E-state index contributed by atoms with van der Waals surface area (Å²) in [6.07, 6.45) is 0.683. The van der Waals surface area contributed by atoms with Crippen molar-refractivity contribution in [2.75, 3.05) is 24.7 Å². The molecule has 1 amide bonds. The zero-order valence-corrected chi connectivity index (χ0v) is 16.1. The standard InChI is InChI=1S/C19H19ClN6O2/c1-9-8-13(26-19(21)23-9)15-16(14-11(24-15)6-7-22-18(14)27)25-12-5-3-4-10(20)17(12)28-2/h3-5,8,24-25H,6-7H2,1-2H3,(H,22,27)(H2,21,23,26). The van der Waals surface area contributed by atoms with Gasteiger partial charge in [-0.2, -0.15) is 0 Å². The van der Waals surface area contributed by atoms with Crippen molar-refractivity contribution in [1.82, 2.24) is 20.3 Å². The van der Waals surface area contributed by atoms with Gasteiger partial charge in [0.1, 0.15) is 0 Å². The number of nitrogen functional groups attached to an aromatic ring is 1. The molecule has 4 rings (SSSR count). The number of nitrogens with two attached hydrogens (primary N) is 1. The monoisotopic (exact) mass is 398 g/mol. The molecule has 1 aliphatic heterocycles. The smallest absolute Gasteiger partial charge is 0.255 e. The predicted octanol–water partition coefficient (Wildman–Crippen LogP) is 3.05. The number of H-pyrrole nitrogens is 1. The van der Waals surface area contributed by atoms with E-state index in [4.69, 9.17) is 22.1 Å². The first kappa shape index (κ1) is 18.1. The molecule has 0 aliphatic carbocycles. The highest BCUT2D eigenvalue weighted by molar-refractivity contribution is 6.32. The maximum atomic E-state index is 12.6. The summed E-state index contributed by atoms with van der Waals surface area (Å²) in [5.41, 5.74) is 10.4. The number of hydrogen-bond acceptors (Lipinski definition) is 6. The van der Waals surface area contributed by atoms with Gasteiger partial charge in [-0.05, 0) is 25.1 Å². The lowest BCUT2D eigenvalue weighted by Gasteiger charge is -2.17. The largest absolute Gasteiger partial charge is 0.493 e. The zero-order valence-electron chi connectivity index (χ0n) is 15.4. The lowest BCUT2D eigenvalue weighted by atomic mass is 10.1. The molecular weight excluding hydrogens is 380 g/mol. The van der Waals surface area contributed by atoms with Crippen LogP contribution >= 0.6 is 11.6 Å². The van der Waals surface area contributed by atoms with Gasteiger partial charge in [-0.1, -0.05) is 17.7 Å². The first-order valence-corrected chi connectivity index (χ1v) is 9.10. The Hall–Kier alpha value is -3.26. The molecule has 0 saturated carbocycles. The normalized spacial score (nSPS) is 13.0. The minimum atomic E-state index is -0.161. The van der Waals surface area contributed by atoms with Gasteiger partial charge in [-0.3, -0.25) is 4.79 Å². The molecule has 0 radical (unpaired) electrons. The van der Waals surface area contributed by atoms with Crippen LogP contribution < -0.4 is 21.1 Å². The molecule has 9 heteroatoms.